The number of ketones is 1. The molecule has 0 saturated heterocycles. The van der Waals surface area contributed by atoms with Crippen molar-refractivity contribution in [2.45, 2.75) is 6.42 Å². The van der Waals surface area contributed by atoms with E-state index >= 15 is 0 Å². The van der Waals surface area contributed by atoms with Crippen LogP contribution in [0.25, 0.3) is 5.57 Å². The van der Waals surface area contributed by atoms with Gasteiger partial charge in [0.25, 0.3) is 0 Å². The molecule has 0 amide bonds. The van der Waals surface area contributed by atoms with Crippen LogP contribution in [0.2, 0.25) is 0 Å². The van der Waals surface area contributed by atoms with Crippen molar-refractivity contribution in [3.05, 3.63) is 77.4 Å². The van der Waals surface area contributed by atoms with Gasteiger partial charge in [0.1, 0.15) is 0 Å². The zero-order valence-corrected chi connectivity index (χ0v) is 9.39. The maximum Gasteiger partial charge on any atom is 0.186 e. The molecule has 82 valence electrons. The van der Waals surface area contributed by atoms with E-state index in [4.69, 9.17) is 0 Å². The van der Waals surface area contributed by atoms with E-state index in [0.717, 1.165) is 17.6 Å². The van der Waals surface area contributed by atoms with E-state index in [-0.39, 0.29) is 5.78 Å². The molecular formula is C16H12O. The van der Waals surface area contributed by atoms with Crippen LogP contribution in [0.5, 0.6) is 0 Å². The first-order valence-corrected chi connectivity index (χ1v) is 5.73. The molecule has 0 heterocycles. The van der Waals surface area contributed by atoms with Gasteiger partial charge in [0.2, 0.25) is 0 Å². The van der Waals surface area contributed by atoms with Crippen LogP contribution in [0.1, 0.15) is 21.5 Å². The molecule has 0 N–H and O–H groups in total. The highest BCUT2D eigenvalue weighted by Crippen LogP contribution is 2.33. The molecule has 0 unspecified atom stereocenters. The number of rotatable bonds is 2. The summed E-state index contributed by atoms with van der Waals surface area (Å²) < 4.78 is 0. The minimum atomic E-state index is 0.0927. The number of hydrogen-bond acceptors (Lipinski definition) is 1. The lowest BCUT2D eigenvalue weighted by Gasteiger charge is -2.22. The highest BCUT2D eigenvalue weighted by molar-refractivity contribution is 6.09. The number of fused-ring (bicyclic) bond motifs is 1. The van der Waals surface area contributed by atoms with E-state index in [1.807, 2.05) is 42.5 Å². The van der Waals surface area contributed by atoms with E-state index in [2.05, 4.69) is 12.1 Å². The second-order valence-corrected chi connectivity index (χ2v) is 4.23. The number of carbonyl (C=O) groups excluding carboxylic acids is 1. The third-order valence-electron chi connectivity index (χ3n) is 3.11. The molecule has 1 aliphatic carbocycles. The Bertz CT molecular complexity index is 594. The van der Waals surface area contributed by atoms with Crippen LogP contribution in [-0.2, 0) is 6.42 Å². The number of allylic oxidation sites excluding steroid dienone is 2. The van der Waals surface area contributed by atoms with Gasteiger partial charge in [0.15, 0.2) is 5.78 Å². The van der Waals surface area contributed by atoms with Crippen LogP contribution >= 0.6 is 0 Å². The second-order valence-electron chi connectivity index (χ2n) is 4.23. The van der Waals surface area contributed by atoms with Crippen molar-refractivity contribution in [3.63, 3.8) is 0 Å². The molecule has 2 aromatic carbocycles. The summed E-state index contributed by atoms with van der Waals surface area (Å²) in [6, 6.07) is 17.6. The highest BCUT2D eigenvalue weighted by atomic mass is 16.1. The standard InChI is InChI=1S/C16H12O/c17-16(12-6-2-1-3-7-12)11-14-10-13-8-4-5-9-15(13)14/h1-9,11H,10H2/b14-11+. The fourth-order valence-corrected chi connectivity index (χ4v) is 2.15. The van der Waals surface area contributed by atoms with Crippen molar-refractivity contribution in [1.82, 2.24) is 0 Å². The van der Waals surface area contributed by atoms with Gasteiger partial charge in [0.05, 0.1) is 0 Å². The summed E-state index contributed by atoms with van der Waals surface area (Å²) in [6.45, 7) is 0. The largest absolute Gasteiger partial charge is 0.289 e. The highest BCUT2D eigenvalue weighted by Gasteiger charge is 2.19. The predicted octanol–water partition coefficient (Wildman–Crippen LogP) is 3.51. The van der Waals surface area contributed by atoms with E-state index in [1.165, 1.54) is 11.1 Å². The fraction of sp³-hybridized carbons (Fsp3) is 0.0625. The van der Waals surface area contributed by atoms with E-state index < -0.39 is 0 Å². The van der Waals surface area contributed by atoms with Crippen LogP contribution in [-0.4, -0.2) is 5.78 Å². The molecule has 0 saturated carbocycles. The molecule has 3 rings (SSSR count). The molecule has 0 radical (unpaired) electrons. The summed E-state index contributed by atoms with van der Waals surface area (Å²) in [5.41, 5.74) is 4.45. The summed E-state index contributed by atoms with van der Waals surface area (Å²) in [4.78, 5) is 12.0. The Balaban J connectivity index is 1.89. The van der Waals surface area contributed by atoms with Crippen LogP contribution in [0, 0.1) is 0 Å². The molecule has 0 aliphatic heterocycles. The van der Waals surface area contributed by atoms with Gasteiger partial charge in [-0.1, -0.05) is 54.6 Å². The van der Waals surface area contributed by atoms with Gasteiger partial charge in [-0.15, -0.1) is 0 Å². The Morgan fingerprint density at radius 2 is 1.65 bits per heavy atom. The lowest BCUT2D eigenvalue weighted by atomic mass is 9.82. The van der Waals surface area contributed by atoms with Crippen molar-refractivity contribution in [1.29, 1.82) is 0 Å². The first-order chi connectivity index (χ1) is 8.34. The zero-order valence-electron chi connectivity index (χ0n) is 9.39. The lowest BCUT2D eigenvalue weighted by molar-refractivity contribution is 0.104. The molecule has 0 atom stereocenters. The van der Waals surface area contributed by atoms with Crippen molar-refractivity contribution in [2.75, 3.05) is 0 Å². The Morgan fingerprint density at radius 1 is 0.941 bits per heavy atom. The van der Waals surface area contributed by atoms with Crippen molar-refractivity contribution >= 4 is 11.4 Å². The Hall–Kier alpha value is -2.15. The zero-order chi connectivity index (χ0) is 11.7. The molecule has 2 aromatic rings. The first-order valence-electron chi connectivity index (χ1n) is 5.73. The normalized spacial score (nSPS) is 15.2. The van der Waals surface area contributed by atoms with E-state index in [1.54, 1.807) is 6.08 Å². The first kappa shape index (κ1) is 10.0. The number of carbonyl (C=O) groups is 1. The van der Waals surface area contributed by atoms with Crippen LogP contribution in [0.4, 0.5) is 0 Å². The quantitative estimate of drug-likeness (QED) is 0.559. The summed E-state index contributed by atoms with van der Waals surface area (Å²) in [5, 5.41) is 0. The van der Waals surface area contributed by atoms with Crippen LogP contribution < -0.4 is 0 Å². The summed E-state index contributed by atoms with van der Waals surface area (Å²) in [6.07, 6.45) is 2.67. The monoisotopic (exact) mass is 220 g/mol. The molecule has 1 heteroatoms. The van der Waals surface area contributed by atoms with Crippen molar-refractivity contribution in [2.24, 2.45) is 0 Å². The molecule has 1 aliphatic rings. The third kappa shape index (κ3) is 1.80. The summed E-state index contributed by atoms with van der Waals surface area (Å²) >= 11 is 0. The Morgan fingerprint density at radius 3 is 2.41 bits per heavy atom. The number of hydrogen-bond donors (Lipinski definition) is 0. The van der Waals surface area contributed by atoms with E-state index in [0.29, 0.717) is 0 Å². The molecule has 0 bridgehead atoms. The van der Waals surface area contributed by atoms with E-state index in [9.17, 15) is 4.79 Å². The summed E-state index contributed by atoms with van der Waals surface area (Å²) in [7, 11) is 0. The van der Waals surface area contributed by atoms with Gasteiger partial charge >= 0.3 is 0 Å². The third-order valence-corrected chi connectivity index (χ3v) is 3.11. The summed E-state index contributed by atoms with van der Waals surface area (Å²) in [5.74, 6) is 0.0927. The molecule has 0 aromatic heterocycles. The SMILES string of the molecule is O=C(/C=C1\Cc2ccccc21)c1ccccc1. The maximum absolute atomic E-state index is 12.0. The number of benzene rings is 2. The minimum absolute atomic E-state index is 0.0927. The molecular weight excluding hydrogens is 208 g/mol. The minimum Gasteiger partial charge on any atom is -0.289 e. The van der Waals surface area contributed by atoms with Gasteiger partial charge in [-0.05, 0) is 29.2 Å². The van der Waals surface area contributed by atoms with Gasteiger partial charge < -0.3 is 0 Å². The van der Waals surface area contributed by atoms with Crippen molar-refractivity contribution in [3.8, 4) is 0 Å². The smallest absolute Gasteiger partial charge is 0.186 e. The second kappa shape index (κ2) is 4.02. The molecule has 1 nitrogen and oxygen atoms in total. The van der Waals surface area contributed by atoms with Gasteiger partial charge in [-0.25, -0.2) is 0 Å². The molecule has 0 spiro atoms. The molecule has 0 fully saturated rings. The average Bonchev–Trinajstić information content (AvgIpc) is 2.37. The fourth-order valence-electron chi connectivity index (χ4n) is 2.15. The molecule has 17 heavy (non-hydrogen) atoms. The Kier molecular flexibility index (Phi) is 2.37. The average molecular weight is 220 g/mol. The van der Waals surface area contributed by atoms with Crippen LogP contribution in [0.3, 0.4) is 0 Å². The maximum atomic E-state index is 12.0. The predicted molar refractivity (Wildman–Crippen MR) is 68.9 cm³/mol. The van der Waals surface area contributed by atoms with Crippen LogP contribution in [0.15, 0.2) is 60.7 Å². The Labute approximate surface area is 100 Å². The topological polar surface area (TPSA) is 17.1 Å². The van der Waals surface area contributed by atoms with Crippen molar-refractivity contribution < 1.29 is 4.79 Å². The van der Waals surface area contributed by atoms with Gasteiger partial charge in [-0.2, -0.15) is 0 Å². The van der Waals surface area contributed by atoms with Gasteiger partial charge in [-0.3, -0.25) is 4.79 Å². The van der Waals surface area contributed by atoms with Gasteiger partial charge in [0, 0.05) is 5.56 Å². The lowest BCUT2D eigenvalue weighted by Crippen LogP contribution is -2.08.